The molecular weight excluding hydrogens is 470 g/mol. The molecule has 10 nitrogen and oxygen atoms in total. The van der Waals surface area contributed by atoms with Crippen LogP contribution in [0.15, 0.2) is 59.9 Å². The average Bonchev–Trinajstić information content (AvgIpc) is 2.82. The van der Waals surface area contributed by atoms with Gasteiger partial charge in [0, 0.05) is 37.1 Å². The van der Waals surface area contributed by atoms with Gasteiger partial charge in [-0.1, -0.05) is 11.6 Å². The van der Waals surface area contributed by atoms with Gasteiger partial charge in [-0.3, -0.25) is 4.79 Å². The molecule has 1 aliphatic rings. The number of hydrogen-bond acceptors (Lipinski definition) is 8. The molecule has 1 fully saturated rings. The third-order valence-electron chi connectivity index (χ3n) is 4.73. The van der Waals surface area contributed by atoms with Crippen LogP contribution >= 0.6 is 11.6 Å². The van der Waals surface area contributed by atoms with Crippen LogP contribution in [0, 0.1) is 0 Å². The first-order chi connectivity index (χ1) is 15.9. The van der Waals surface area contributed by atoms with Crippen molar-refractivity contribution >= 4 is 39.2 Å². The fraction of sp³-hybridized carbons (Fsp3) is 0.238. The molecule has 1 aromatic carbocycles. The van der Waals surface area contributed by atoms with Crippen LogP contribution in [0.3, 0.4) is 0 Å². The Kier molecular flexibility index (Phi) is 7.02. The number of hydrogen-bond donors (Lipinski definition) is 2. The smallest absolute Gasteiger partial charge is 0.264 e. The summed E-state index contributed by atoms with van der Waals surface area (Å²) in [5.74, 6) is -0.221. The number of nitrogens with zero attached hydrogens (tertiary/aromatic N) is 3. The number of benzene rings is 1. The predicted octanol–water partition coefficient (Wildman–Crippen LogP) is 3.14. The average molecular weight is 490 g/mol. The molecular formula is C21H20ClN5O5S. The topological polar surface area (TPSA) is 132 Å². The van der Waals surface area contributed by atoms with Crippen molar-refractivity contribution in [1.29, 1.82) is 0 Å². The molecule has 12 heteroatoms. The molecule has 33 heavy (non-hydrogen) atoms. The molecule has 3 aromatic rings. The lowest BCUT2D eigenvalue weighted by Gasteiger charge is -2.23. The van der Waals surface area contributed by atoms with E-state index in [0.29, 0.717) is 18.9 Å². The van der Waals surface area contributed by atoms with Crippen molar-refractivity contribution in [3.63, 3.8) is 0 Å². The quantitative estimate of drug-likeness (QED) is 0.517. The molecule has 3 heterocycles. The second kappa shape index (κ2) is 10.1. The zero-order valence-electron chi connectivity index (χ0n) is 17.3. The molecule has 0 radical (unpaired) electrons. The summed E-state index contributed by atoms with van der Waals surface area (Å²) in [7, 11) is -3.87. The van der Waals surface area contributed by atoms with Crippen molar-refractivity contribution in [2.45, 2.75) is 23.8 Å². The van der Waals surface area contributed by atoms with Crippen LogP contribution in [0.25, 0.3) is 0 Å². The van der Waals surface area contributed by atoms with Crippen LogP contribution in [0.4, 0.5) is 11.6 Å². The summed E-state index contributed by atoms with van der Waals surface area (Å²) >= 11 is 6.25. The Morgan fingerprint density at radius 3 is 2.45 bits per heavy atom. The van der Waals surface area contributed by atoms with E-state index < -0.39 is 15.9 Å². The first-order valence-corrected chi connectivity index (χ1v) is 11.9. The predicted molar refractivity (Wildman–Crippen MR) is 121 cm³/mol. The number of anilines is 2. The molecule has 0 atom stereocenters. The van der Waals surface area contributed by atoms with E-state index in [-0.39, 0.29) is 33.4 Å². The minimum absolute atomic E-state index is 0.00715. The lowest BCUT2D eigenvalue weighted by atomic mass is 10.1. The van der Waals surface area contributed by atoms with Crippen LogP contribution in [0.2, 0.25) is 5.02 Å². The Morgan fingerprint density at radius 2 is 1.79 bits per heavy atom. The SMILES string of the molecule is O=C(Nc1ccc(S(=O)(=O)Nc2ncccn2)cc1)c1cnc(OC2CCOCC2)c(Cl)c1. The third kappa shape index (κ3) is 5.95. The second-order valence-electron chi connectivity index (χ2n) is 7.10. The van der Waals surface area contributed by atoms with E-state index in [9.17, 15) is 13.2 Å². The van der Waals surface area contributed by atoms with E-state index in [1.54, 1.807) is 6.07 Å². The maximum absolute atomic E-state index is 12.6. The number of nitrogens with one attached hydrogen (secondary N) is 2. The third-order valence-corrected chi connectivity index (χ3v) is 6.34. The highest BCUT2D eigenvalue weighted by atomic mass is 35.5. The molecule has 1 amide bonds. The van der Waals surface area contributed by atoms with Gasteiger partial charge < -0.3 is 14.8 Å². The van der Waals surface area contributed by atoms with Gasteiger partial charge >= 0.3 is 0 Å². The Bertz CT molecular complexity index is 1220. The van der Waals surface area contributed by atoms with Gasteiger partial charge in [0.25, 0.3) is 15.9 Å². The number of ether oxygens (including phenoxy) is 2. The Labute approximate surface area is 195 Å². The molecule has 0 aliphatic carbocycles. The van der Waals surface area contributed by atoms with Gasteiger partial charge in [0.15, 0.2) is 0 Å². The maximum atomic E-state index is 12.6. The lowest BCUT2D eigenvalue weighted by Crippen LogP contribution is -2.26. The first kappa shape index (κ1) is 22.9. The summed E-state index contributed by atoms with van der Waals surface area (Å²) in [5.41, 5.74) is 0.632. The van der Waals surface area contributed by atoms with Crippen LogP contribution in [0.5, 0.6) is 5.88 Å². The van der Waals surface area contributed by atoms with Crippen molar-refractivity contribution in [3.8, 4) is 5.88 Å². The van der Waals surface area contributed by atoms with Gasteiger partial charge in [-0.2, -0.15) is 0 Å². The maximum Gasteiger partial charge on any atom is 0.264 e. The molecule has 0 unspecified atom stereocenters. The molecule has 2 N–H and O–H groups in total. The minimum atomic E-state index is -3.87. The Balaban J connectivity index is 1.39. The van der Waals surface area contributed by atoms with Crippen molar-refractivity contribution in [2.75, 3.05) is 23.3 Å². The van der Waals surface area contributed by atoms with Gasteiger partial charge in [0.05, 0.1) is 23.7 Å². The number of pyridine rings is 1. The summed E-state index contributed by atoms with van der Waals surface area (Å²) < 4.78 is 38.3. The van der Waals surface area contributed by atoms with Crippen LogP contribution < -0.4 is 14.8 Å². The van der Waals surface area contributed by atoms with Crippen LogP contribution in [-0.4, -0.2) is 48.6 Å². The van der Waals surface area contributed by atoms with Crippen LogP contribution in [0.1, 0.15) is 23.2 Å². The van der Waals surface area contributed by atoms with Crippen LogP contribution in [-0.2, 0) is 14.8 Å². The zero-order valence-corrected chi connectivity index (χ0v) is 18.8. The van der Waals surface area contributed by atoms with Crippen molar-refractivity contribution in [2.24, 2.45) is 0 Å². The van der Waals surface area contributed by atoms with E-state index in [1.165, 1.54) is 48.9 Å². The summed E-state index contributed by atoms with van der Waals surface area (Å²) in [6, 6.07) is 8.70. The number of sulfonamides is 1. The van der Waals surface area contributed by atoms with Gasteiger partial charge in [-0.15, -0.1) is 0 Å². The molecule has 0 bridgehead atoms. The summed E-state index contributed by atoms with van der Waals surface area (Å²) in [6.45, 7) is 1.25. The van der Waals surface area contributed by atoms with E-state index in [4.69, 9.17) is 21.1 Å². The molecule has 0 saturated carbocycles. The fourth-order valence-electron chi connectivity index (χ4n) is 3.04. The first-order valence-electron chi connectivity index (χ1n) is 10.0. The van der Waals surface area contributed by atoms with Crippen molar-refractivity contribution in [1.82, 2.24) is 15.0 Å². The number of aromatic nitrogens is 3. The lowest BCUT2D eigenvalue weighted by molar-refractivity contribution is 0.0238. The van der Waals surface area contributed by atoms with E-state index in [1.807, 2.05) is 0 Å². The molecule has 2 aromatic heterocycles. The number of carbonyl (C=O) groups is 1. The van der Waals surface area contributed by atoms with E-state index >= 15 is 0 Å². The van der Waals surface area contributed by atoms with Gasteiger partial charge in [0.1, 0.15) is 11.1 Å². The molecule has 1 saturated heterocycles. The highest BCUT2D eigenvalue weighted by Gasteiger charge is 2.19. The Morgan fingerprint density at radius 1 is 1.09 bits per heavy atom. The van der Waals surface area contributed by atoms with Crippen molar-refractivity contribution < 1.29 is 22.7 Å². The summed E-state index contributed by atoms with van der Waals surface area (Å²) in [4.78, 5) is 24.4. The second-order valence-corrected chi connectivity index (χ2v) is 9.19. The molecule has 0 spiro atoms. The number of carbonyl (C=O) groups excluding carboxylic acids is 1. The summed E-state index contributed by atoms with van der Waals surface area (Å²) in [5, 5.41) is 2.91. The number of amides is 1. The van der Waals surface area contributed by atoms with Gasteiger partial charge in [-0.25, -0.2) is 28.1 Å². The van der Waals surface area contributed by atoms with E-state index in [0.717, 1.165) is 12.8 Å². The Hall–Kier alpha value is -3.28. The largest absolute Gasteiger partial charge is 0.473 e. The highest BCUT2D eigenvalue weighted by Crippen LogP contribution is 2.26. The minimum Gasteiger partial charge on any atom is -0.473 e. The van der Waals surface area contributed by atoms with Gasteiger partial charge in [0.2, 0.25) is 11.8 Å². The number of rotatable bonds is 7. The van der Waals surface area contributed by atoms with E-state index in [2.05, 4.69) is 25.0 Å². The molecule has 172 valence electrons. The van der Waals surface area contributed by atoms with Gasteiger partial charge in [-0.05, 0) is 36.4 Å². The standard InChI is InChI=1S/C21H20ClN5O5S/c22-18-12-14(13-25-20(18)32-16-6-10-31-11-7-16)19(28)26-15-2-4-17(5-3-15)33(29,30)27-21-23-8-1-9-24-21/h1-5,8-9,12-13,16H,6-7,10-11H2,(H,26,28)(H,23,24,27). The molecule has 1 aliphatic heterocycles. The highest BCUT2D eigenvalue weighted by molar-refractivity contribution is 7.92. The monoisotopic (exact) mass is 489 g/mol. The molecule has 4 rings (SSSR count). The fourth-order valence-corrected chi connectivity index (χ4v) is 4.21. The normalized spacial score (nSPS) is 14.5. The summed E-state index contributed by atoms with van der Waals surface area (Å²) in [6.07, 6.45) is 5.70. The zero-order chi connectivity index (χ0) is 23.3. The number of halogens is 1. The van der Waals surface area contributed by atoms with Crippen molar-refractivity contribution in [3.05, 3.63) is 65.6 Å².